The minimum Gasteiger partial charge on any atom is -0.373 e. The van der Waals surface area contributed by atoms with Crippen molar-refractivity contribution in [2.75, 3.05) is 13.1 Å². The second kappa shape index (κ2) is 23.6. The number of hydrogen-bond acceptors (Lipinski definition) is 2. The topological polar surface area (TPSA) is 83.4 Å². The zero-order valence-electron chi connectivity index (χ0n) is 24.8. The quantitative estimate of drug-likeness (QED) is 0.0274. The minimum atomic E-state index is -0.877. The number of benzene rings is 5. The maximum Gasteiger partial charge on any atom is 1.00 e. The largest absolute Gasteiger partial charge is 1.00 e. The maximum atomic E-state index is 6.75. The predicted molar refractivity (Wildman–Crippen MR) is 194 cm³/mol. The van der Waals surface area contributed by atoms with Crippen molar-refractivity contribution in [1.82, 2.24) is 0 Å². The summed E-state index contributed by atoms with van der Waals surface area (Å²) in [6, 6.07) is 52.9. The van der Waals surface area contributed by atoms with E-state index < -0.39 is 7.92 Å². The molecule has 0 amide bonds. The van der Waals surface area contributed by atoms with Gasteiger partial charge in [0, 0.05) is 12.4 Å². The van der Waals surface area contributed by atoms with Crippen LogP contribution in [-0.2, 0) is 17.1 Å². The average Bonchev–Trinajstić information content (AvgIpc) is 3.09. The molecule has 0 saturated carbocycles. The molecule has 0 aliphatic carbocycles. The van der Waals surface area contributed by atoms with Crippen LogP contribution < -0.4 is 15.9 Å². The summed E-state index contributed by atoms with van der Waals surface area (Å²) in [6.45, 7) is 1.41. The van der Waals surface area contributed by atoms with E-state index in [1.165, 1.54) is 32.0 Å². The predicted octanol–water partition coefficient (Wildman–Crippen LogP) is 8.60. The number of allylic oxidation sites excluding steroid dienone is 2. The molecule has 0 heterocycles. The van der Waals surface area contributed by atoms with Crippen LogP contribution in [-0.4, -0.2) is 25.5 Å². The van der Waals surface area contributed by atoms with Crippen molar-refractivity contribution in [1.29, 1.82) is 0 Å². The molecule has 45 heavy (non-hydrogen) atoms. The van der Waals surface area contributed by atoms with Crippen molar-refractivity contribution in [3.63, 3.8) is 0 Å². The second-order valence-electron chi connectivity index (χ2n) is 9.21. The Labute approximate surface area is 278 Å². The van der Waals surface area contributed by atoms with Crippen molar-refractivity contribution in [3.8, 4) is 0 Å². The van der Waals surface area contributed by atoms with Crippen molar-refractivity contribution in [3.05, 3.63) is 191 Å². The van der Waals surface area contributed by atoms with Gasteiger partial charge in [0.1, 0.15) is 15.9 Å². The first-order valence-electron chi connectivity index (χ1n) is 14.3. The van der Waals surface area contributed by atoms with E-state index in [0.717, 1.165) is 0 Å². The van der Waals surface area contributed by atoms with Gasteiger partial charge in [-0.2, -0.15) is 0 Å². The summed E-state index contributed by atoms with van der Waals surface area (Å²) in [7, 11) is -0.877. The first-order valence-corrected chi connectivity index (χ1v) is 15.8. The first-order chi connectivity index (χ1) is 21.8. The van der Waals surface area contributed by atoms with E-state index in [1.54, 1.807) is 0 Å². The van der Waals surface area contributed by atoms with Crippen molar-refractivity contribution >= 4 is 48.4 Å². The van der Waals surface area contributed by atoms with Crippen molar-refractivity contribution < 1.29 is 17.1 Å². The van der Waals surface area contributed by atoms with Gasteiger partial charge in [0.25, 0.3) is 0 Å². The molecule has 5 nitrogen and oxygen atoms in total. The molecule has 0 spiro atoms. The molecule has 0 aliphatic rings. The van der Waals surface area contributed by atoms with E-state index in [2.05, 4.69) is 125 Å². The smallest absolute Gasteiger partial charge is 0.373 e. The zero-order valence-corrected chi connectivity index (χ0v) is 26.8. The van der Waals surface area contributed by atoms with Gasteiger partial charge in [0.05, 0.1) is 21.0 Å². The van der Waals surface area contributed by atoms with Crippen LogP contribution in [0.3, 0.4) is 0 Å². The summed E-state index contributed by atoms with van der Waals surface area (Å²) in [4.78, 5) is 10.1. The normalized spacial score (nSPS) is 10.6. The van der Waals surface area contributed by atoms with Crippen LogP contribution in [0.15, 0.2) is 174 Å². The third kappa shape index (κ3) is 15.0. The number of rotatable bonds is 10. The van der Waals surface area contributed by atoms with Gasteiger partial charge in [-0.1, -0.05) is 127 Å². The van der Waals surface area contributed by atoms with Gasteiger partial charge < -0.3 is 11.1 Å². The molecule has 228 valence electrons. The van der Waals surface area contributed by atoms with Crippen LogP contribution in [0, 0.1) is 0 Å². The van der Waals surface area contributed by atoms with E-state index >= 15 is 0 Å². The van der Waals surface area contributed by atoms with Crippen LogP contribution in [0.5, 0.6) is 0 Å². The number of aliphatic imine (C=N–C) groups is 2. The molecule has 0 aliphatic heterocycles. The van der Waals surface area contributed by atoms with Gasteiger partial charge in [-0.05, 0) is 59.7 Å². The SMILES string of the molecule is C(=Cc1ccccc1)C=NCCN=CC=Cc1ccccc1.[Cu+].[N-]=[N+]=[N-].c1ccc([PH+](c2ccccc2)c2ccccc2)cc1. The summed E-state index contributed by atoms with van der Waals surface area (Å²) in [5.74, 6) is 0. The zero-order chi connectivity index (χ0) is 30.9. The third-order valence-corrected chi connectivity index (χ3v) is 8.84. The summed E-state index contributed by atoms with van der Waals surface area (Å²) in [5.41, 5.74) is 15.9. The van der Waals surface area contributed by atoms with Crippen LogP contribution in [0.25, 0.3) is 28.1 Å². The maximum absolute atomic E-state index is 6.75. The first kappa shape index (κ1) is 36.4. The second-order valence-corrected chi connectivity index (χ2v) is 11.7. The van der Waals surface area contributed by atoms with E-state index in [4.69, 9.17) is 11.1 Å². The van der Waals surface area contributed by atoms with Gasteiger partial charge in [-0.25, -0.2) is 0 Å². The van der Waals surface area contributed by atoms with E-state index in [9.17, 15) is 0 Å². The molecule has 7 heteroatoms. The van der Waals surface area contributed by atoms with E-state index in [-0.39, 0.29) is 17.1 Å². The summed E-state index contributed by atoms with van der Waals surface area (Å²) in [5, 5.41) is 4.31. The van der Waals surface area contributed by atoms with E-state index in [1.807, 2.05) is 73.1 Å². The van der Waals surface area contributed by atoms with Crippen molar-refractivity contribution in [2.24, 2.45) is 9.98 Å². The molecule has 0 saturated heterocycles. The van der Waals surface area contributed by atoms with Crippen LogP contribution in [0.2, 0.25) is 0 Å². The molecule has 0 atom stereocenters. The molecule has 0 radical (unpaired) electrons. The molecular formula is C38H36CuN5P+. The van der Waals surface area contributed by atoms with Crippen LogP contribution in [0.4, 0.5) is 0 Å². The fraction of sp³-hybridized carbons (Fsp3) is 0.0526. The molecule has 5 rings (SSSR count). The Balaban J connectivity index is 0.000000284. The monoisotopic (exact) mass is 656 g/mol. The fourth-order valence-electron chi connectivity index (χ4n) is 4.14. The number of hydrogen-bond donors (Lipinski definition) is 0. The van der Waals surface area contributed by atoms with Gasteiger partial charge >= 0.3 is 17.1 Å². The average molecular weight is 657 g/mol. The Hall–Kier alpha value is -4.82. The molecular weight excluding hydrogens is 621 g/mol. The molecule has 0 unspecified atom stereocenters. The Bertz CT molecular complexity index is 1450. The van der Waals surface area contributed by atoms with Gasteiger partial charge in [-0.15, -0.1) is 0 Å². The Morgan fingerprint density at radius 1 is 0.467 bits per heavy atom. The fourth-order valence-corrected chi connectivity index (χ4v) is 6.71. The summed E-state index contributed by atoms with van der Waals surface area (Å²) >= 11 is 0. The minimum absolute atomic E-state index is 0. The Morgan fingerprint density at radius 2 is 0.733 bits per heavy atom. The van der Waals surface area contributed by atoms with E-state index in [0.29, 0.717) is 13.1 Å². The van der Waals surface area contributed by atoms with Gasteiger partial charge in [0.15, 0.2) is 0 Å². The van der Waals surface area contributed by atoms with Gasteiger partial charge in [0.2, 0.25) is 0 Å². The molecule has 5 aromatic rings. The molecule has 0 fully saturated rings. The van der Waals surface area contributed by atoms with Crippen molar-refractivity contribution in [2.45, 2.75) is 0 Å². The Morgan fingerprint density at radius 3 is 1.02 bits per heavy atom. The summed E-state index contributed by atoms with van der Waals surface area (Å²) < 4.78 is 0. The summed E-state index contributed by atoms with van der Waals surface area (Å²) in [6.07, 6.45) is 11.6. The number of nitrogens with zero attached hydrogens (tertiary/aromatic N) is 5. The molecule has 5 aromatic carbocycles. The third-order valence-electron chi connectivity index (χ3n) is 6.11. The van der Waals surface area contributed by atoms with Gasteiger partial charge in [-0.3, -0.25) is 14.9 Å². The molecule has 0 bridgehead atoms. The van der Waals surface area contributed by atoms with Crippen LogP contribution in [0.1, 0.15) is 11.1 Å². The molecule has 0 aromatic heterocycles. The molecule has 0 N–H and O–H groups in total. The standard InChI is InChI=1S/C20H20N2.C18H15P.Cu.N3/c1-3-9-19(10-4-1)13-7-15-21-17-18-22-16-8-14-20-11-5-2-6-12-20;1-4-10-16(11-5-1)19(17-12-6-2-7-13-17)18-14-8-3-9-15-18;;1-3-2/h1-16H,17-18H2;1-15H;;/q;;+1;-1/p+1. The van der Waals surface area contributed by atoms with Crippen LogP contribution >= 0.6 is 7.92 Å². The Kier molecular flexibility index (Phi) is 19.1.